The average Bonchev–Trinajstić information content (AvgIpc) is 2.08. The smallest absolute Gasteiger partial charge is 0.333 e. The summed E-state index contributed by atoms with van der Waals surface area (Å²) in [6.45, 7) is 22.2. The molecule has 4 nitrogen and oxygen atoms in total. The van der Waals surface area contributed by atoms with Crippen LogP contribution in [0.4, 0.5) is 0 Å². The fraction of sp³-hybridized carbons (Fsp3) is 0.786. The van der Waals surface area contributed by atoms with E-state index in [0.29, 0.717) is 11.6 Å². The molecule has 0 heterocycles. The number of rotatable bonds is 8. The molecule has 0 aromatic rings. The number of carbonyl (C=O) groups is 1. The minimum atomic E-state index is -2.37. The van der Waals surface area contributed by atoms with Gasteiger partial charge in [0.05, 0.1) is 0 Å². The predicted octanol–water partition coefficient (Wildman–Crippen LogP) is 4.27. The third kappa shape index (κ3) is 10.2. The van der Waals surface area contributed by atoms with Gasteiger partial charge in [-0.05, 0) is 59.7 Å². The van der Waals surface area contributed by atoms with E-state index in [4.69, 9.17) is 13.0 Å². The third-order valence-corrected chi connectivity index (χ3v) is 12.0. The molecule has 0 aliphatic carbocycles. The third-order valence-electron chi connectivity index (χ3n) is 2.36. The molecule has 0 fully saturated rings. The first kappa shape index (κ1) is 20.8. The maximum absolute atomic E-state index is 11.6. The van der Waals surface area contributed by atoms with E-state index >= 15 is 0 Å². The van der Waals surface area contributed by atoms with Crippen LogP contribution in [0.3, 0.4) is 0 Å². The molecule has 1 atom stereocenters. The maximum atomic E-state index is 11.6. The summed E-state index contributed by atoms with van der Waals surface area (Å²) in [5.74, 6) is -0.347. The van der Waals surface area contributed by atoms with Crippen LogP contribution in [0, 0.1) is 0 Å². The fourth-order valence-electron chi connectivity index (χ4n) is 2.25. The van der Waals surface area contributed by atoms with Crippen LogP contribution in [0.15, 0.2) is 12.2 Å². The molecule has 0 aromatic carbocycles. The number of carbonyl (C=O) groups excluding carboxylic acids is 1. The summed E-state index contributed by atoms with van der Waals surface area (Å²) in [6, 6.07) is 0.653. The van der Waals surface area contributed by atoms with Crippen LogP contribution in [0.1, 0.15) is 13.8 Å². The van der Waals surface area contributed by atoms with Crippen LogP contribution in [0.25, 0.3) is 0 Å². The van der Waals surface area contributed by atoms with Crippen LogP contribution in [0.5, 0.6) is 0 Å². The highest BCUT2D eigenvalue weighted by molar-refractivity contribution is 6.87. The van der Waals surface area contributed by atoms with E-state index in [0.717, 1.165) is 0 Å². The highest BCUT2D eigenvalue weighted by Gasteiger charge is 2.42. The second-order valence-electron chi connectivity index (χ2n) is 7.76. The van der Waals surface area contributed by atoms with Crippen LogP contribution in [-0.2, 0) is 17.8 Å². The molecule has 0 aliphatic heterocycles. The summed E-state index contributed by atoms with van der Waals surface area (Å²) >= 11 is 0. The van der Waals surface area contributed by atoms with Gasteiger partial charge in [-0.15, -0.1) is 0 Å². The summed E-state index contributed by atoms with van der Waals surface area (Å²) in [7, 11) is -5.81. The Morgan fingerprint density at radius 2 is 1.38 bits per heavy atom. The molecule has 1 unspecified atom stereocenters. The minimum Gasteiger partial charge on any atom is -0.459 e. The van der Waals surface area contributed by atoms with Gasteiger partial charge < -0.3 is 13.0 Å². The summed E-state index contributed by atoms with van der Waals surface area (Å²) < 4.78 is 18.2. The van der Waals surface area contributed by atoms with E-state index < -0.39 is 25.2 Å². The topological polar surface area (TPSA) is 44.8 Å². The van der Waals surface area contributed by atoms with Crippen LogP contribution >= 0.6 is 0 Å². The molecule has 0 radical (unpaired) electrons. The monoisotopic (exact) mass is 348 g/mol. The van der Waals surface area contributed by atoms with Crippen molar-refractivity contribution in [2.75, 3.05) is 0 Å². The normalized spacial score (nSPS) is 14.7. The van der Waals surface area contributed by atoms with Crippen molar-refractivity contribution >= 4 is 31.2 Å². The lowest BCUT2D eigenvalue weighted by molar-refractivity contribution is -0.142. The lowest BCUT2D eigenvalue weighted by Gasteiger charge is -2.39. The molecule has 0 amide bonds. The first-order chi connectivity index (χ1) is 9.14. The van der Waals surface area contributed by atoms with Gasteiger partial charge in [0.2, 0.25) is 0 Å². The Hall–Kier alpha value is -0.219. The van der Waals surface area contributed by atoms with Crippen molar-refractivity contribution in [1.29, 1.82) is 0 Å². The largest absolute Gasteiger partial charge is 0.459 e. The van der Waals surface area contributed by atoms with Crippen molar-refractivity contribution in [2.24, 2.45) is 0 Å². The molecule has 0 saturated carbocycles. The molecule has 21 heavy (non-hydrogen) atoms. The van der Waals surface area contributed by atoms with E-state index in [2.05, 4.69) is 52.4 Å². The van der Waals surface area contributed by atoms with Gasteiger partial charge in [0, 0.05) is 11.6 Å². The Morgan fingerprint density at radius 1 is 1.00 bits per heavy atom. The maximum Gasteiger partial charge on any atom is 0.333 e. The fourth-order valence-corrected chi connectivity index (χ4v) is 14.9. The highest BCUT2D eigenvalue weighted by Crippen LogP contribution is 2.26. The summed E-state index contributed by atoms with van der Waals surface area (Å²) in [4.78, 5) is 11.6. The molecule has 0 aromatic heterocycles. The molecular weight excluding hydrogens is 316 g/mol. The highest BCUT2D eigenvalue weighted by atomic mass is 28.5. The lowest BCUT2D eigenvalue weighted by atomic mass is 10.3. The second-order valence-corrected chi connectivity index (χ2v) is 20.5. The number of hydrogen-bond acceptors (Lipinski definition) is 4. The zero-order valence-electron chi connectivity index (χ0n) is 15.1. The number of ether oxygens (including phenoxy) is 1. The van der Waals surface area contributed by atoms with Gasteiger partial charge in [0.25, 0.3) is 0 Å². The summed E-state index contributed by atoms with van der Waals surface area (Å²) in [6.07, 6.45) is -0.224. The van der Waals surface area contributed by atoms with Gasteiger partial charge >= 0.3 is 14.5 Å². The first-order valence-corrected chi connectivity index (χ1v) is 16.7. The van der Waals surface area contributed by atoms with Gasteiger partial charge in [0.15, 0.2) is 16.6 Å². The van der Waals surface area contributed by atoms with E-state index in [1.54, 1.807) is 6.92 Å². The Kier molecular flexibility index (Phi) is 7.29. The molecular formula is C14H32O4Si3. The molecule has 0 aliphatic rings. The predicted molar refractivity (Wildman–Crippen MR) is 95.7 cm³/mol. The Bertz CT molecular complexity index is 367. The molecule has 0 bridgehead atoms. The lowest BCUT2D eigenvalue weighted by Crippen LogP contribution is -2.54. The molecule has 0 N–H and O–H groups in total. The Morgan fingerprint density at radius 3 is 1.67 bits per heavy atom. The van der Waals surface area contributed by atoms with Crippen molar-refractivity contribution < 1.29 is 17.8 Å². The van der Waals surface area contributed by atoms with Crippen molar-refractivity contribution in [3.05, 3.63) is 12.2 Å². The Labute approximate surface area is 133 Å². The van der Waals surface area contributed by atoms with Crippen molar-refractivity contribution in [3.63, 3.8) is 0 Å². The first-order valence-electron chi connectivity index (χ1n) is 7.40. The van der Waals surface area contributed by atoms with Gasteiger partial charge in [-0.1, -0.05) is 6.58 Å². The summed E-state index contributed by atoms with van der Waals surface area (Å²) in [5.41, 5.74) is 0.419. The van der Waals surface area contributed by atoms with Crippen LogP contribution in [0.2, 0.25) is 51.9 Å². The molecule has 124 valence electrons. The Balaban J connectivity index is 4.98. The van der Waals surface area contributed by atoms with E-state index in [-0.39, 0.29) is 12.1 Å². The quantitative estimate of drug-likeness (QED) is 0.373. The molecule has 0 saturated heterocycles. The SMILES string of the molecule is C=C(C)C(=O)OC(C)C[Si](C)(O[Si](C)(C)C)O[Si](C)(C)C. The number of esters is 1. The van der Waals surface area contributed by atoms with Gasteiger partial charge in [0.1, 0.15) is 6.10 Å². The summed E-state index contributed by atoms with van der Waals surface area (Å²) in [5, 5.41) is 0. The van der Waals surface area contributed by atoms with Crippen molar-refractivity contribution in [2.45, 2.75) is 71.8 Å². The van der Waals surface area contributed by atoms with Crippen LogP contribution in [-0.4, -0.2) is 37.3 Å². The van der Waals surface area contributed by atoms with Gasteiger partial charge in [-0.3, -0.25) is 0 Å². The van der Waals surface area contributed by atoms with Gasteiger partial charge in [-0.25, -0.2) is 4.79 Å². The zero-order chi connectivity index (χ0) is 17.1. The molecule has 7 heteroatoms. The van der Waals surface area contributed by atoms with E-state index in [9.17, 15) is 4.79 Å². The van der Waals surface area contributed by atoms with Crippen LogP contribution < -0.4 is 0 Å². The molecule has 0 rings (SSSR count). The average molecular weight is 349 g/mol. The van der Waals surface area contributed by atoms with E-state index in [1.807, 2.05) is 6.92 Å². The minimum absolute atomic E-state index is 0.224. The zero-order valence-corrected chi connectivity index (χ0v) is 18.1. The van der Waals surface area contributed by atoms with Crippen molar-refractivity contribution in [3.8, 4) is 0 Å². The second kappa shape index (κ2) is 7.36. The van der Waals surface area contributed by atoms with Crippen molar-refractivity contribution in [1.82, 2.24) is 0 Å². The number of hydrogen-bond donors (Lipinski definition) is 0. The van der Waals surface area contributed by atoms with E-state index in [1.165, 1.54) is 0 Å². The molecule has 0 spiro atoms. The van der Waals surface area contributed by atoms with Gasteiger partial charge in [-0.2, -0.15) is 0 Å². The standard InChI is InChI=1S/C14H32O4Si3/c1-12(2)14(15)16-13(3)11-21(10,17-19(4,5)6)18-20(7,8)9/h13H,1,11H2,2-10H3.